The molecule has 0 unspecified atom stereocenters. The maximum Gasteiger partial charge on any atom is 0.291 e. The minimum atomic E-state index is -0.362. The maximum atomic E-state index is 12.9. The molecule has 2 aromatic rings. The predicted molar refractivity (Wildman–Crippen MR) is 105 cm³/mol. The third-order valence-electron chi connectivity index (χ3n) is 4.85. The maximum absolute atomic E-state index is 12.9. The summed E-state index contributed by atoms with van der Waals surface area (Å²) in [5.41, 5.74) is 1.92. The van der Waals surface area contributed by atoms with Crippen LogP contribution in [0.2, 0.25) is 0 Å². The van der Waals surface area contributed by atoms with Gasteiger partial charge >= 0.3 is 0 Å². The number of aryl methyl sites for hydroxylation is 1. The van der Waals surface area contributed by atoms with Crippen molar-refractivity contribution in [2.75, 3.05) is 31.5 Å². The SMILES string of the molecule is Cc1ccc(C(=O)N2CCN(C(=O)C(C)C)CC2)cc1NC(=O)c1ccco1. The summed E-state index contributed by atoms with van der Waals surface area (Å²) in [6.45, 7) is 7.70. The van der Waals surface area contributed by atoms with Crippen molar-refractivity contribution in [2.45, 2.75) is 20.8 Å². The Bertz CT molecular complexity index is 866. The Morgan fingerprint density at radius 1 is 1.04 bits per heavy atom. The predicted octanol–water partition coefficient (Wildman–Crippen LogP) is 2.78. The zero-order chi connectivity index (χ0) is 20.3. The molecule has 148 valence electrons. The Kier molecular flexibility index (Phi) is 5.82. The van der Waals surface area contributed by atoms with Crippen molar-refractivity contribution in [3.8, 4) is 0 Å². The summed E-state index contributed by atoms with van der Waals surface area (Å²) in [6.07, 6.45) is 1.44. The summed E-state index contributed by atoms with van der Waals surface area (Å²) in [5.74, 6) is -0.184. The molecule has 28 heavy (non-hydrogen) atoms. The summed E-state index contributed by atoms with van der Waals surface area (Å²) in [7, 11) is 0. The number of piperazine rings is 1. The van der Waals surface area contributed by atoms with Crippen LogP contribution in [0, 0.1) is 12.8 Å². The number of hydrogen-bond acceptors (Lipinski definition) is 4. The van der Waals surface area contributed by atoms with Gasteiger partial charge in [-0.25, -0.2) is 0 Å². The monoisotopic (exact) mass is 383 g/mol. The number of nitrogens with one attached hydrogen (secondary N) is 1. The van der Waals surface area contributed by atoms with E-state index in [1.165, 1.54) is 6.26 Å². The molecule has 1 aromatic heterocycles. The smallest absolute Gasteiger partial charge is 0.291 e. The molecule has 0 saturated carbocycles. The molecular formula is C21H25N3O4. The van der Waals surface area contributed by atoms with Gasteiger partial charge < -0.3 is 19.5 Å². The third-order valence-corrected chi connectivity index (χ3v) is 4.85. The largest absolute Gasteiger partial charge is 0.459 e. The van der Waals surface area contributed by atoms with E-state index < -0.39 is 0 Å². The number of rotatable bonds is 4. The molecule has 7 nitrogen and oxygen atoms in total. The molecule has 3 amide bonds. The van der Waals surface area contributed by atoms with Gasteiger partial charge in [0.05, 0.1) is 6.26 Å². The standard InChI is InChI=1S/C21H25N3O4/c1-14(2)20(26)23-8-10-24(11-9-23)21(27)16-7-6-15(3)17(13-16)22-19(25)18-5-4-12-28-18/h4-7,12-14H,8-11H2,1-3H3,(H,22,25). The second-order valence-corrected chi connectivity index (χ2v) is 7.23. The van der Waals surface area contributed by atoms with E-state index in [0.717, 1.165) is 5.56 Å². The van der Waals surface area contributed by atoms with Gasteiger partial charge in [0.2, 0.25) is 5.91 Å². The number of carbonyl (C=O) groups is 3. The summed E-state index contributed by atoms with van der Waals surface area (Å²) >= 11 is 0. The number of furan rings is 1. The molecule has 1 aliphatic rings. The summed E-state index contributed by atoms with van der Waals surface area (Å²) in [5, 5.41) is 2.79. The molecule has 3 rings (SSSR count). The second-order valence-electron chi connectivity index (χ2n) is 7.23. The number of carbonyl (C=O) groups excluding carboxylic acids is 3. The highest BCUT2D eigenvalue weighted by Crippen LogP contribution is 2.20. The van der Waals surface area contributed by atoms with Gasteiger partial charge in [-0.05, 0) is 36.8 Å². The van der Waals surface area contributed by atoms with Gasteiger partial charge in [-0.3, -0.25) is 14.4 Å². The highest BCUT2D eigenvalue weighted by molar-refractivity contribution is 6.04. The molecule has 0 bridgehead atoms. The molecule has 7 heteroatoms. The Morgan fingerprint density at radius 3 is 2.32 bits per heavy atom. The molecule has 0 atom stereocenters. The molecular weight excluding hydrogens is 358 g/mol. The van der Waals surface area contributed by atoms with Gasteiger partial charge in [0.15, 0.2) is 5.76 Å². The molecule has 2 heterocycles. The van der Waals surface area contributed by atoms with Crippen molar-refractivity contribution in [3.05, 3.63) is 53.5 Å². The molecule has 0 aliphatic carbocycles. The van der Waals surface area contributed by atoms with Crippen LogP contribution in [0.1, 0.15) is 40.3 Å². The van der Waals surface area contributed by atoms with Gasteiger partial charge in [-0.2, -0.15) is 0 Å². The van der Waals surface area contributed by atoms with Crippen molar-refractivity contribution >= 4 is 23.4 Å². The number of amides is 3. The fourth-order valence-electron chi connectivity index (χ4n) is 3.16. The van der Waals surface area contributed by atoms with E-state index in [4.69, 9.17) is 4.42 Å². The van der Waals surface area contributed by atoms with Gasteiger partial charge in [-0.1, -0.05) is 19.9 Å². The topological polar surface area (TPSA) is 82.9 Å². The van der Waals surface area contributed by atoms with E-state index in [0.29, 0.717) is 37.4 Å². The van der Waals surface area contributed by atoms with E-state index in [2.05, 4.69) is 5.32 Å². The average molecular weight is 383 g/mol. The van der Waals surface area contributed by atoms with Crippen LogP contribution in [0.25, 0.3) is 0 Å². The second kappa shape index (κ2) is 8.29. The van der Waals surface area contributed by atoms with E-state index in [1.807, 2.05) is 26.8 Å². The first kappa shape index (κ1) is 19.7. The minimum Gasteiger partial charge on any atom is -0.459 e. The Labute approximate surface area is 164 Å². The molecule has 1 fully saturated rings. The van der Waals surface area contributed by atoms with Gasteiger partial charge in [0, 0.05) is 43.3 Å². The van der Waals surface area contributed by atoms with Crippen LogP contribution in [-0.4, -0.2) is 53.7 Å². The van der Waals surface area contributed by atoms with Crippen LogP contribution in [0.15, 0.2) is 41.0 Å². The van der Waals surface area contributed by atoms with Gasteiger partial charge in [-0.15, -0.1) is 0 Å². The van der Waals surface area contributed by atoms with Crippen molar-refractivity contribution in [1.29, 1.82) is 0 Å². The van der Waals surface area contributed by atoms with Crippen molar-refractivity contribution < 1.29 is 18.8 Å². The van der Waals surface area contributed by atoms with E-state index >= 15 is 0 Å². The van der Waals surface area contributed by atoms with E-state index in [-0.39, 0.29) is 29.4 Å². The first-order chi connectivity index (χ1) is 13.4. The molecule has 0 spiro atoms. The van der Waals surface area contributed by atoms with Crippen molar-refractivity contribution in [3.63, 3.8) is 0 Å². The summed E-state index contributed by atoms with van der Waals surface area (Å²) < 4.78 is 5.11. The fraction of sp³-hybridized carbons (Fsp3) is 0.381. The van der Waals surface area contributed by atoms with Gasteiger partial charge in [0.1, 0.15) is 0 Å². The van der Waals surface area contributed by atoms with E-state index in [1.54, 1.807) is 34.1 Å². The van der Waals surface area contributed by atoms with Crippen LogP contribution < -0.4 is 5.32 Å². The van der Waals surface area contributed by atoms with E-state index in [9.17, 15) is 14.4 Å². The first-order valence-electron chi connectivity index (χ1n) is 9.40. The Morgan fingerprint density at radius 2 is 1.71 bits per heavy atom. The lowest BCUT2D eigenvalue weighted by Crippen LogP contribution is -2.51. The number of benzene rings is 1. The highest BCUT2D eigenvalue weighted by atomic mass is 16.3. The zero-order valence-electron chi connectivity index (χ0n) is 16.4. The minimum absolute atomic E-state index is 0.0420. The normalized spacial score (nSPS) is 14.3. The molecule has 1 saturated heterocycles. The molecule has 1 aromatic carbocycles. The summed E-state index contributed by atoms with van der Waals surface area (Å²) in [4.78, 5) is 40.8. The fourth-order valence-corrected chi connectivity index (χ4v) is 3.16. The van der Waals surface area contributed by atoms with Crippen LogP contribution in [-0.2, 0) is 4.79 Å². The van der Waals surface area contributed by atoms with Crippen LogP contribution in [0.3, 0.4) is 0 Å². The van der Waals surface area contributed by atoms with Crippen molar-refractivity contribution in [2.24, 2.45) is 5.92 Å². The quantitative estimate of drug-likeness (QED) is 0.880. The Hall–Kier alpha value is -3.09. The van der Waals surface area contributed by atoms with Crippen LogP contribution >= 0.6 is 0 Å². The number of nitrogens with zero attached hydrogens (tertiary/aromatic N) is 2. The average Bonchev–Trinajstić information content (AvgIpc) is 3.23. The lowest BCUT2D eigenvalue weighted by Gasteiger charge is -2.35. The molecule has 1 N–H and O–H groups in total. The molecule has 1 aliphatic heterocycles. The molecule has 0 radical (unpaired) electrons. The summed E-state index contributed by atoms with van der Waals surface area (Å²) in [6, 6.07) is 8.47. The lowest BCUT2D eigenvalue weighted by molar-refractivity contribution is -0.135. The van der Waals surface area contributed by atoms with Crippen LogP contribution in [0.5, 0.6) is 0 Å². The zero-order valence-corrected chi connectivity index (χ0v) is 16.4. The van der Waals surface area contributed by atoms with Gasteiger partial charge in [0.25, 0.3) is 11.8 Å². The van der Waals surface area contributed by atoms with Crippen LogP contribution in [0.4, 0.5) is 5.69 Å². The number of hydrogen-bond donors (Lipinski definition) is 1. The number of anilines is 1. The van der Waals surface area contributed by atoms with Crippen molar-refractivity contribution in [1.82, 2.24) is 9.80 Å². The highest BCUT2D eigenvalue weighted by Gasteiger charge is 2.26. The Balaban J connectivity index is 1.68. The third kappa shape index (κ3) is 4.24. The first-order valence-corrected chi connectivity index (χ1v) is 9.40. The lowest BCUT2D eigenvalue weighted by atomic mass is 10.1.